The molecule has 0 spiro atoms. The second kappa shape index (κ2) is 13.8. The summed E-state index contributed by atoms with van der Waals surface area (Å²) in [5.41, 5.74) is 1.04. The predicted octanol–water partition coefficient (Wildman–Crippen LogP) is 6.86. The molecule has 0 radical (unpaired) electrons. The van der Waals surface area contributed by atoms with Gasteiger partial charge in [-0.2, -0.15) is 0 Å². The van der Waals surface area contributed by atoms with Gasteiger partial charge in [-0.25, -0.2) is 0 Å². The van der Waals surface area contributed by atoms with E-state index in [4.69, 9.17) is 14.2 Å². The fourth-order valence-electron chi connectivity index (χ4n) is 3.71. The molecule has 0 aliphatic heterocycles. The summed E-state index contributed by atoms with van der Waals surface area (Å²) in [5, 5.41) is 0. The molecule has 0 saturated carbocycles. The Morgan fingerprint density at radius 1 is 0.720 bits per heavy atom. The average molecular weight is 357 g/mol. The maximum Gasteiger partial charge on any atom is 0.292 e. The SMILES string of the molecule is CCCCCCCCC(C=C(C)C)(CC)C(OCC)(OCC)OCC. The zero-order valence-electron chi connectivity index (χ0n) is 18.1. The van der Waals surface area contributed by atoms with Gasteiger partial charge in [0.2, 0.25) is 0 Å². The van der Waals surface area contributed by atoms with Gasteiger partial charge in [0, 0.05) is 19.8 Å². The van der Waals surface area contributed by atoms with Gasteiger partial charge in [-0.3, -0.25) is 0 Å². The summed E-state index contributed by atoms with van der Waals surface area (Å²) in [7, 11) is 0. The summed E-state index contributed by atoms with van der Waals surface area (Å²) in [5.74, 6) is -0.985. The topological polar surface area (TPSA) is 27.7 Å². The third kappa shape index (κ3) is 7.80. The Hall–Kier alpha value is -0.380. The van der Waals surface area contributed by atoms with Crippen LogP contribution in [0.3, 0.4) is 0 Å². The molecule has 1 atom stereocenters. The van der Waals surface area contributed by atoms with Gasteiger partial charge in [0.1, 0.15) is 0 Å². The highest BCUT2D eigenvalue weighted by molar-refractivity contribution is 5.09. The van der Waals surface area contributed by atoms with E-state index in [1.54, 1.807) is 0 Å². The van der Waals surface area contributed by atoms with Crippen LogP contribution in [-0.4, -0.2) is 25.8 Å². The standard InChI is InChI=1S/C22H44O3/c1-8-13-14-15-16-17-18-21(9-2,19-20(6)7)22(23-10-3,24-11-4)25-12-5/h19H,8-18H2,1-7H3. The van der Waals surface area contributed by atoms with Crippen molar-refractivity contribution >= 4 is 0 Å². The predicted molar refractivity (Wildman–Crippen MR) is 108 cm³/mol. The fourth-order valence-corrected chi connectivity index (χ4v) is 3.71. The van der Waals surface area contributed by atoms with Gasteiger partial charge in [-0.15, -0.1) is 0 Å². The summed E-state index contributed by atoms with van der Waals surface area (Å²) in [6.07, 6.45) is 12.0. The van der Waals surface area contributed by atoms with E-state index in [-0.39, 0.29) is 5.41 Å². The highest BCUT2D eigenvalue weighted by Gasteiger charge is 2.52. The first-order chi connectivity index (χ1) is 12.0. The Bertz CT molecular complexity index is 330. The lowest BCUT2D eigenvalue weighted by Gasteiger charge is -2.47. The quantitative estimate of drug-likeness (QED) is 0.172. The van der Waals surface area contributed by atoms with Crippen LogP contribution < -0.4 is 0 Å². The minimum Gasteiger partial charge on any atom is -0.327 e. The third-order valence-corrected chi connectivity index (χ3v) is 4.79. The second-order valence-corrected chi connectivity index (χ2v) is 7.10. The van der Waals surface area contributed by atoms with Crippen LogP contribution in [0.1, 0.15) is 99.8 Å². The fraction of sp³-hybridized carbons (Fsp3) is 0.909. The molecule has 0 heterocycles. The third-order valence-electron chi connectivity index (χ3n) is 4.79. The summed E-state index contributed by atoms with van der Waals surface area (Å²) in [6, 6.07) is 0. The largest absolute Gasteiger partial charge is 0.327 e. The average Bonchev–Trinajstić information content (AvgIpc) is 2.57. The molecule has 0 saturated heterocycles. The molecule has 0 fully saturated rings. The summed E-state index contributed by atoms with van der Waals surface area (Å²) >= 11 is 0. The van der Waals surface area contributed by atoms with Crippen molar-refractivity contribution in [1.82, 2.24) is 0 Å². The maximum absolute atomic E-state index is 6.17. The van der Waals surface area contributed by atoms with Gasteiger partial charge in [0.25, 0.3) is 5.97 Å². The Kier molecular flexibility index (Phi) is 13.6. The van der Waals surface area contributed by atoms with Crippen LogP contribution in [-0.2, 0) is 14.2 Å². The first-order valence-corrected chi connectivity index (χ1v) is 10.5. The molecule has 1 unspecified atom stereocenters. The molecular formula is C22H44O3. The minimum atomic E-state index is -0.985. The Morgan fingerprint density at radius 2 is 1.20 bits per heavy atom. The van der Waals surface area contributed by atoms with Crippen molar-refractivity contribution in [3.05, 3.63) is 11.6 Å². The lowest BCUT2D eigenvalue weighted by atomic mass is 9.75. The molecule has 0 amide bonds. The van der Waals surface area contributed by atoms with E-state index in [1.165, 1.54) is 44.1 Å². The zero-order valence-corrected chi connectivity index (χ0v) is 18.1. The summed E-state index contributed by atoms with van der Waals surface area (Å²) in [6.45, 7) is 16.6. The van der Waals surface area contributed by atoms with Gasteiger partial charge >= 0.3 is 0 Å². The van der Waals surface area contributed by atoms with E-state index in [2.05, 4.69) is 33.8 Å². The van der Waals surface area contributed by atoms with Crippen molar-refractivity contribution < 1.29 is 14.2 Å². The molecule has 25 heavy (non-hydrogen) atoms. The van der Waals surface area contributed by atoms with Crippen molar-refractivity contribution in [2.75, 3.05) is 19.8 Å². The van der Waals surface area contributed by atoms with E-state index in [1.807, 2.05) is 20.8 Å². The number of hydrogen-bond acceptors (Lipinski definition) is 3. The van der Waals surface area contributed by atoms with Crippen LogP contribution in [0.2, 0.25) is 0 Å². The zero-order chi connectivity index (χ0) is 19.2. The van der Waals surface area contributed by atoms with Gasteiger partial charge in [0.05, 0.1) is 5.41 Å². The highest BCUT2D eigenvalue weighted by atomic mass is 16.9. The number of allylic oxidation sites excluding steroid dienone is 1. The van der Waals surface area contributed by atoms with Gasteiger partial charge in [0.15, 0.2) is 0 Å². The summed E-state index contributed by atoms with van der Waals surface area (Å²) in [4.78, 5) is 0. The van der Waals surface area contributed by atoms with Crippen LogP contribution in [0.15, 0.2) is 11.6 Å². The Morgan fingerprint density at radius 3 is 1.60 bits per heavy atom. The Balaban J connectivity index is 5.46. The molecule has 0 N–H and O–H groups in total. The van der Waals surface area contributed by atoms with Crippen molar-refractivity contribution in [3.63, 3.8) is 0 Å². The van der Waals surface area contributed by atoms with Crippen LogP contribution in [0.5, 0.6) is 0 Å². The molecule has 0 aliphatic rings. The molecule has 3 nitrogen and oxygen atoms in total. The van der Waals surface area contributed by atoms with Crippen LogP contribution in [0.4, 0.5) is 0 Å². The molecule has 0 bridgehead atoms. The molecule has 150 valence electrons. The van der Waals surface area contributed by atoms with E-state index in [0.29, 0.717) is 19.8 Å². The number of rotatable bonds is 16. The molecule has 0 rings (SSSR count). The first-order valence-electron chi connectivity index (χ1n) is 10.5. The van der Waals surface area contributed by atoms with E-state index in [0.717, 1.165) is 12.8 Å². The normalized spacial score (nSPS) is 14.4. The number of unbranched alkanes of at least 4 members (excludes halogenated alkanes) is 5. The number of hydrogen-bond donors (Lipinski definition) is 0. The van der Waals surface area contributed by atoms with Gasteiger partial charge in [-0.1, -0.05) is 64.0 Å². The molecule has 3 heteroatoms. The lowest BCUT2D eigenvalue weighted by Crippen LogP contribution is -2.54. The first kappa shape index (κ1) is 24.6. The van der Waals surface area contributed by atoms with E-state index >= 15 is 0 Å². The number of ether oxygens (including phenoxy) is 3. The van der Waals surface area contributed by atoms with Gasteiger partial charge < -0.3 is 14.2 Å². The van der Waals surface area contributed by atoms with Crippen LogP contribution in [0.25, 0.3) is 0 Å². The highest BCUT2D eigenvalue weighted by Crippen LogP contribution is 2.46. The van der Waals surface area contributed by atoms with E-state index in [9.17, 15) is 0 Å². The van der Waals surface area contributed by atoms with Crippen molar-refractivity contribution in [1.29, 1.82) is 0 Å². The molecular weight excluding hydrogens is 312 g/mol. The molecule has 0 aromatic carbocycles. The van der Waals surface area contributed by atoms with Gasteiger partial charge in [-0.05, 0) is 47.5 Å². The minimum absolute atomic E-state index is 0.251. The smallest absolute Gasteiger partial charge is 0.292 e. The molecule has 0 aromatic rings. The van der Waals surface area contributed by atoms with Crippen molar-refractivity contribution in [2.24, 2.45) is 5.41 Å². The Labute approximate surface area is 157 Å². The molecule has 0 aromatic heterocycles. The molecule has 0 aliphatic carbocycles. The maximum atomic E-state index is 6.17. The monoisotopic (exact) mass is 356 g/mol. The van der Waals surface area contributed by atoms with Crippen molar-refractivity contribution in [2.45, 2.75) is 106 Å². The van der Waals surface area contributed by atoms with E-state index < -0.39 is 5.97 Å². The second-order valence-electron chi connectivity index (χ2n) is 7.10. The summed E-state index contributed by atoms with van der Waals surface area (Å²) < 4.78 is 18.5. The van der Waals surface area contributed by atoms with Crippen molar-refractivity contribution in [3.8, 4) is 0 Å². The lowest BCUT2D eigenvalue weighted by molar-refractivity contribution is -0.420. The van der Waals surface area contributed by atoms with Crippen LogP contribution in [0, 0.1) is 5.41 Å². The van der Waals surface area contributed by atoms with Crippen LogP contribution >= 0.6 is 0 Å².